The van der Waals surface area contributed by atoms with Gasteiger partial charge in [0.1, 0.15) is 11.5 Å². The van der Waals surface area contributed by atoms with Crippen LogP contribution in [-0.2, 0) is 15.0 Å². The minimum absolute atomic E-state index is 0.103. The Morgan fingerprint density at radius 3 is 2.74 bits per heavy atom. The number of rotatable bonds is 4. The lowest BCUT2D eigenvalue weighted by Gasteiger charge is -2.19. The van der Waals surface area contributed by atoms with Crippen molar-refractivity contribution in [1.82, 2.24) is 5.16 Å². The Bertz CT molecular complexity index is 872. The third-order valence-corrected chi connectivity index (χ3v) is 4.66. The van der Waals surface area contributed by atoms with Crippen molar-refractivity contribution in [3.63, 3.8) is 0 Å². The first-order valence-corrected chi connectivity index (χ1v) is 8.99. The number of carbonyl (C=O) groups excluding carboxylic acids is 2. The maximum Gasteiger partial charge on any atom is 0.231 e. The van der Waals surface area contributed by atoms with Crippen molar-refractivity contribution < 1.29 is 18.8 Å². The lowest BCUT2D eigenvalue weighted by atomic mass is 9.93. The van der Waals surface area contributed by atoms with Crippen LogP contribution in [0, 0.1) is 5.92 Å². The fourth-order valence-corrected chi connectivity index (χ4v) is 3.07. The van der Waals surface area contributed by atoms with E-state index >= 15 is 0 Å². The number of benzene rings is 1. The van der Waals surface area contributed by atoms with Crippen LogP contribution in [0.1, 0.15) is 33.0 Å². The smallest absolute Gasteiger partial charge is 0.231 e. The fourth-order valence-electron chi connectivity index (χ4n) is 2.91. The van der Waals surface area contributed by atoms with Crippen molar-refractivity contribution in [1.29, 1.82) is 0 Å². The topological polar surface area (TPSA) is 84.7 Å². The number of carbonyl (C=O) groups is 2. The highest BCUT2D eigenvalue weighted by molar-refractivity contribution is 6.31. The van der Waals surface area contributed by atoms with Gasteiger partial charge in [0, 0.05) is 29.5 Å². The van der Waals surface area contributed by atoms with Gasteiger partial charge < -0.3 is 19.5 Å². The molecule has 1 atom stereocenters. The summed E-state index contributed by atoms with van der Waals surface area (Å²) in [4.78, 5) is 26.6. The lowest BCUT2D eigenvalue weighted by Crippen LogP contribution is -2.28. The predicted molar refractivity (Wildman–Crippen MR) is 102 cm³/mol. The SMILES string of the molecule is COc1ccc(Cl)cc1N1CC(C(=O)Nc2cc(C(C)(C)C)on2)CC1=O. The zero-order chi connectivity index (χ0) is 19.8. The largest absolute Gasteiger partial charge is 0.495 e. The van der Waals surface area contributed by atoms with Crippen molar-refractivity contribution in [2.24, 2.45) is 5.92 Å². The van der Waals surface area contributed by atoms with E-state index in [4.69, 9.17) is 20.9 Å². The summed E-state index contributed by atoms with van der Waals surface area (Å²) in [6, 6.07) is 6.74. The number of hydrogen-bond donors (Lipinski definition) is 1. The number of aromatic nitrogens is 1. The van der Waals surface area contributed by atoms with Gasteiger partial charge in [0.05, 0.1) is 18.7 Å². The zero-order valence-electron chi connectivity index (χ0n) is 15.7. The van der Waals surface area contributed by atoms with Crippen molar-refractivity contribution >= 4 is 34.9 Å². The molecule has 2 aromatic rings. The molecule has 1 aromatic carbocycles. The molecular weight excluding hydrogens is 370 g/mol. The van der Waals surface area contributed by atoms with Crippen LogP contribution in [0.25, 0.3) is 0 Å². The molecule has 2 amide bonds. The number of nitrogens with one attached hydrogen (secondary N) is 1. The first kappa shape index (κ1) is 19.2. The van der Waals surface area contributed by atoms with Gasteiger partial charge in [-0.05, 0) is 18.2 Å². The van der Waals surface area contributed by atoms with Gasteiger partial charge in [-0.3, -0.25) is 9.59 Å². The Balaban J connectivity index is 1.73. The zero-order valence-corrected chi connectivity index (χ0v) is 16.5. The van der Waals surface area contributed by atoms with Gasteiger partial charge in [-0.1, -0.05) is 37.5 Å². The standard InChI is InChI=1S/C19H22ClN3O4/c1-19(2,3)15-9-16(22-27-15)21-18(25)11-7-17(24)23(10-11)13-8-12(20)5-6-14(13)26-4/h5-6,8-9,11H,7,10H2,1-4H3,(H,21,22,25). The molecule has 1 N–H and O–H groups in total. The molecule has 1 fully saturated rings. The molecule has 2 heterocycles. The number of methoxy groups -OCH3 is 1. The second kappa shape index (κ2) is 7.23. The van der Waals surface area contributed by atoms with E-state index in [2.05, 4.69) is 10.5 Å². The van der Waals surface area contributed by atoms with Crippen LogP contribution in [0.3, 0.4) is 0 Å². The minimum atomic E-state index is -0.504. The number of hydrogen-bond acceptors (Lipinski definition) is 5. The number of nitrogens with zero attached hydrogens (tertiary/aromatic N) is 2. The molecule has 1 aliphatic rings. The average molecular weight is 392 g/mol. The quantitative estimate of drug-likeness (QED) is 0.860. The molecule has 3 rings (SSSR count). The minimum Gasteiger partial charge on any atom is -0.495 e. The molecule has 1 aromatic heterocycles. The molecular formula is C19H22ClN3O4. The number of ether oxygens (including phenoxy) is 1. The van der Waals surface area contributed by atoms with E-state index in [1.807, 2.05) is 20.8 Å². The van der Waals surface area contributed by atoms with E-state index in [1.54, 1.807) is 24.3 Å². The van der Waals surface area contributed by atoms with Crippen molar-refractivity contribution in [2.45, 2.75) is 32.6 Å². The van der Waals surface area contributed by atoms with Gasteiger partial charge in [0.2, 0.25) is 11.8 Å². The van der Waals surface area contributed by atoms with Gasteiger partial charge in [0.25, 0.3) is 0 Å². The van der Waals surface area contributed by atoms with Gasteiger partial charge in [-0.25, -0.2) is 0 Å². The highest BCUT2D eigenvalue weighted by atomic mass is 35.5. The van der Waals surface area contributed by atoms with Crippen LogP contribution in [0.4, 0.5) is 11.5 Å². The van der Waals surface area contributed by atoms with E-state index in [0.29, 0.717) is 28.0 Å². The maximum absolute atomic E-state index is 12.6. The third-order valence-electron chi connectivity index (χ3n) is 4.43. The molecule has 0 saturated carbocycles. The molecule has 8 heteroatoms. The summed E-state index contributed by atoms with van der Waals surface area (Å²) in [5, 5.41) is 7.10. The van der Waals surface area contributed by atoms with Crippen LogP contribution in [-0.4, -0.2) is 30.6 Å². The second-order valence-electron chi connectivity index (χ2n) is 7.54. The highest BCUT2D eigenvalue weighted by Crippen LogP contribution is 2.35. The van der Waals surface area contributed by atoms with E-state index in [0.717, 1.165) is 0 Å². The molecule has 1 unspecified atom stereocenters. The van der Waals surface area contributed by atoms with Crippen LogP contribution in [0.15, 0.2) is 28.8 Å². The summed E-state index contributed by atoms with van der Waals surface area (Å²) in [5.74, 6) is 0.602. The van der Waals surface area contributed by atoms with Crippen molar-refractivity contribution in [2.75, 3.05) is 23.9 Å². The Hall–Kier alpha value is -2.54. The molecule has 0 radical (unpaired) electrons. The van der Waals surface area contributed by atoms with Gasteiger partial charge in [-0.2, -0.15) is 0 Å². The first-order valence-electron chi connectivity index (χ1n) is 8.61. The molecule has 0 spiro atoms. The summed E-state index contributed by atoms with van der Waals surface area (Å²) in [5.41, 5.74) is 0.348. The average Bonchev–Trinajstić information content (AvgIpc) is 3.21. The molecule has 0 aliphatic carbocycles. The molecule has 1 aliphatic heterocycles. The summed E-state index contributed by atoms with van der Waals surface area (Å²) >= 11 is 6.05. The Morgan fingerprint density at radius 2 is 2.11 bits per heavy atom. The van der Waals surface area contributed by atoms with Crippen molar-refractivity contribution in [3.05, 3.63) is 35.0 Å². The van der Waals surface area contributed by atoms with E-state index in [1.165, 1.54) is 12.0 Å². The van der Waals surface area contributed by atoms with Crippen molar-refractivity contribution in [3.8, 4) is 5.75 Å². The van der Waals surface area contributed by atoms with E-state index < -0.39 is 5.92 Å². The molecule has 0 bridgehead atoms. The molecule has 27 heavy (non-hydrogen) atoms. The molecule has 144 valence electrons. The van der Waals surface area contributed by atoms with Gasteiger partial charge in [0.15, 0.2) is 5.82 Å². The monoisotopic (exact) mass is 391 g/mol. The first-order chi connectivity index (χ1) is 12.7. The summed E-state index contributed by atoms with van der Waals surface area (Å²) in [6.45, 7) is 6.21. The van der Waals surface area contributed by atoms with Crippen LogP contribution in [0.2, 0.25) is 5.02 Å². The Morgan fingerprint density at radius 1 is 1.37 bits per heavy atom. The summed E-state index contributed by atoms with van der Waals surface area (Å²) in [7, 11) is 1.52. The molecule has 7 nitrogen and oxygen atoms in total. The number of amides is 2. The van der Waals surface area contributed by atoms with Crippen LogP contribution >= 0.6 is 11.6 Å². The maximum atomic E-state index is 12.6. The summed E-state index contributed by atoms with van der Waals surface area (Å²) < 4.78 is 10.6. The third kappa shape index (κ3) is 4.08. The van der Waals surface area contributed by atoms with E-state index in [9.17, 15) is 9.59 Å². The highest BCUT2D eigenvalue weighted by Gasteiger charge is 2.36. The molecule has 1 saturated heterocycles. The Kier molecular flexibility index (Phi) is 5.15. The van der Waals surface area contributed by atoms with Gasteiger partial charge >= 0.3 is 0 Å². The summed E-state index contributed by atoms with van der Waals surface area (Å²) in [6.07, 6.45) is 0.103. The fraction of sp³-hybridized carbons (Fsp3) is 0.421. The van der Waals surface area contributed by atoms with E-state index in [-0.39, 0.29) is 30.2 Å². The lowest BCUT2D eigenvalue weighted by molar-refractivity contribution is -0.122. The normalized spacial score (nSPS) is 17.3. The Labute approximate surface area is 162 Å². The van der Waals surface area contributed by atoms with Gasteiger partial charge in [-0.15, -0.1) is 0 Å². The second-order valence-corrected chi connectivity index (χ2v) is 7.97. The number of halogens is 1. The van der Waals surface area contributed by atoms with Crippen LogP contribution < -0.4 is 15.0 Å². The predicted octanol–water partition coefficient (Wildman–Crippen LogP) is 3.63. The number of anilines is 2. The van der Waals surface area contributed by atoms with Crippen LogP contribution in [0.5, 0.6) is 5.75 Å².